The Morgan fingerprint density at radius 2 is 1.95 bits per heavy atom. The van der Waals surface area contributed by atoms with E-state index in [9.17, 15) is 0 Å². The van der Waals surface area contributed by atoms with Crippen LogP contribution in [0.25, 0.3) is 0 Å². The van der Waals surface area contributed by atoms with E-state index in [0.717, 1.165) is 24.7 Å². The Balaban J connectivity index is 1.70. The molecule has 2 fully saturated rings. The van der Waals surface area contributed by atoms with Gasteiger partial charge >= 0.3 is 0 Å². The molecule has 2 heterocycles. The van der Waals surface area contributed by atoms with Crippen LogP contribution in [0.1, 0.15) is 50.2 Å². The Morgan fingerprint density at radius 1 is 1.24 bits per heavy atom. The number of nitrogens with zero attached hydrogens (tertiary/aromatic N) is 1. The molecule has 1 N–H and O–H groups in total. The average Bonchev–Trinajstić information content (AvgIpc) is 2.81. The lowest BCUT2D eigenvalue weighted by molar-refractivity contribution is 0.134. The quantitative estimate of drug-likeness (QED) is 0.853. The number of hydrogen-bond donors (Lipinski definition) is 1. The zero-order chi connectivity index (χ0) is 14.8. The van der Waals surface area contributed by atoms with E-state index in [2.05, 4.69) is 58.2 Å². The standard InChI is InChI=1S/C18H27BrN2/c1-3-8-21(12-14-4-7-18(19)13(2)9-14)17-10-15-5-6-16(11-17)20-15/h4,7,9,15-17,20H,3,5-6,8,10-12H2,1-2H3. The minimum atomic E-state index is 0.771. The van der Waals surface area contributed by atoms with Gasteiger partial charge in [0.15, 0.2) is 0 Å². The minimum absolute atomic E-state index is 0.771. The predicted molar refractivity (Wildman–Crippen MR) is 92.5 cm³/mol. The maximum Gasteiger partial charge on any atom is 0.0236 e. The van der Waals surface area contributed by atoms with Gasteiger partial charge in [-0.2, -0.15) is 0 Å². The molecule has 21 heavy (non-hydrogen) atoms. The SMILES string of the molecule is CCCN(Cc1ccc(Br)c(C)c1)C1CC2CCC(C1)N2. The highest BCUT2D eigenvalue weighted by molar-refractivity contribution is 9.10. The zero-order valence-corrected chi connectivity index (χ0v) is 14.8. The molecule has 0 amide bonds. The maximum atomic E-state index is 3.76. The first-order valence-electron chi connectivity index (χ1n) is 8.41. The molecule has 0 spiro atoms. The number of halogens is 1. The molecule has 1 aromatic carbocycles. The van der Waals surface area contributed by atoms with Crippen LogP contribution in [0.3, 0.4) is 0 Å². The van der Waals surface area contributed by atoms with Gasteiger partial charge in [0.1, 0.15) is 0 Å². The van der Waals surface area contributed by atoms with Crippen LogP contribution in [0.2, 0.25) is 0 Å². The van der Waals surface area contributed by atoms with Crippen LogP contribution in [-0.2, 0) is 6.54 Å². The van der Waals surface area contributed by atoms with Gasteiger partial charge in [-0.3, -0.25) is 4.90 Å². The molecule has 3 heteroatoms. The molecule has 2 saturated heterocycles. The fraction of sp³-hybridized carbons (Fsp3) is 0.667. The highest BCUT2D eigenvalue weighted by Gasteiger charge is 2.35. The number of fused-ring (bicyclic) bond motifs is 2. The number of nitrogens with one attached hydrogen (secondary N) is 1. The molecule has 2 aliphatic rings. The summed E-state index contributed by atoms with van der Waals surface area (Å²) in [6, 6.07) is 9.13. The summed E-state index contributed by atoms with van der Waals surface area (Å²) < 4.78 is 1.22. The topological polar surface area (TPSA) is 15.3 Å². The van der Waals surface area contributed by atoms with Crippen LogP contribution in [0, 0.1) is 6.92 Å². The monoisotopic (exact) mass is 350 g/mol. The molecule has 0 saturated carbocycles. The molecular weight excluding hydrogens is 324 g/mol. The molecule has 116 valence electrons. The van der Waals surface area contributed by atoms with Crippen molar-refractivity contribution in [3.63, 3.8) is 0 Å². The first-order chi connectivity index (χ1) is 10.2. The Bertz CT molecular complexity index is 476. The number of piperidine rings is 1. The summed E-state index contributed by atoms with van der Waals surface area (Å²) in [7, 11) is 0. The number of rotatable bonds is 5. The average molecular weight is 351 g/mol. The summed E-state index contributed by atoms with van der Waals surface area (Å²) in [4.78, 5) is 2.73. The third kappa shape index (κ3) is 3.69. The summed E-state index contributed by atoms with van der Waals surface area (Å²) in [5, 5.41) is 3.76. The van der Waals surface area contributed by atoms with Gasteiger partial charge < -0.3 is 5.32 Å². The first kappa shape index (κ1) is 15.5. The van der Waals surface area contributed by atoms with E-state index < -0.39 is 0 Å². The van der Waals surface area contributed by atoms with Gasteiger partial charge in [0.2, 0.25) is 0 Å². The van der Waals surface area contributed by atoms with Crippen molar-refractivity contribution >= 4 is 15.9 Å². The van der Waals surface area contributed by atoms with Crippen LogP contribution in [-0.4, -0.2) is 29.6 Å². The Hall–Kier alpha value is -0.380. The first-order valence-corrected chi connectivity index (χ1v) is 9.20. The van der Waals surface area contributed by atoms with E-state index in [0.29, 0.717) is 0 Å². The van der Waals surface area contributed by atoms with Crippen LogP contribution in [0.4, 0.5) is 0 Å². The minimum Gasteiger partial charge on any atom is -0.311 e. The van der Waals surface area contributed by atoms with E-state index in [-0.39, 0.29) is 0 Å². The van der Waals surface area contributed by atoms with Crippen molar-refractivity contribution in [3.8, 4) is 0 Å². The van der Waals surface area contributed by atoms with Crippen LogP contribution in [0.15, 0.2) is 22.7 Å². The number of aryl methyl sites for hydroxylation is 1. The summed E-state index contributed by atoms with van der Waals surface area (Å²) >= 11 is 3.61. The summed E-state index contributed by atoms with van der Waals surface area (Å²) in [5.74, 6) is 0. The van der Waals surface area contributed by atoms with Gasteiger partial charge in [-0.1, -0.05) is 35.0 Å². The van der Waals surface area contributed by atoms with Crippen molar-refractivity contribution in [1.82, 2.24) is 10.2 Å². The summed E-state index contributed by atoms with van der Waals surface area (Å²) in [6.07, 6.45) is 6.70. The molecular formula is C18H27BrN2. The molecule has 2 bridgehead atoms. The maximum absolute atomic E-state index is 3.76. The highest BCUT2D eigenvalue weighted by atomic mass is 79.9. The molecule has 0 aromatic heterocycles. The van der Waals surface area contributed by atoms with Gasteiger partial charge in [-0.05, 0) is 62.8 Å². The van der Waals surface area contributed by atoms with E-state index in [1.165, 1.54) is 54.2 Å². The molecule has 2 aliphatic heterocycles. The summed E-state index contributed by atoms with van der Waals surface area (Å²) in [6.45, 7) is 6.81. The number of hydrogen-bond acceptors (Lipinski definition) is 2. The van der Waals surface area contributed by atoms with Crippen molar-refractivity contribution < 1.29 is 0 Å². The smallest absolute Gasteiger partial charge is 0.0236 e. The largest absolute Gasteiger partial charge is 0.311 e. The van der Waals surface area contributed by atoms with Crippen molar-refractivity contribution in [3.05, 3.63) is 33.8 Å². The second kappa shape index (κ2) is 6.80. The van der Waals surface area contributed by atoms with E-state index >= 15 is 0 Å². The van der Waals surface area contributed by atoms with Crippen molar-refractivity contribution in [2.24, 2.45) is 0 Å². The second-order valence-corrected chi connectivity index (χ2v) is 7.67. The lowest BCUT2D eigenvalue weighted by Crippen LogP contribution is -2.48. The Morgan fingerprint density at radius 3 is 2.57 bits per heavy atom. The van der Waals surface area contributed by atoms with Gasteiger partial charge in [0, 0.05) is 29.1 Å². The zero-order valence-electron chi connectivity index (χ0n) is 13.2. The lowest BCUT2D eigenvalue weighted by Gasteiger charge is -2.38. The van der Waals surface area contributed by atoms with E-state index in [1.54, 1.807) is 0 Å². The molecule has 1 aromatic rings. The molecule has 2 atom stereocenters. The van der Waals surface area contributed by atoms with Crippen molar-refractivity contribution in [2.75, 3.05) is 6.54 Å². The lowest BCUT2D eigenvalue weighted by atomic mass is 9.97. The number of benzene rings is 1. The van der Waals surface area contributed by atoms with Gasteiger partial charge in [-0.25, -0.2) is 0 Å². The third-order valence-electron chi connectivity index (χ3n) is 5.08. The third-order valence-corrected chi connectivity index (χ3v) is 5.97. The van der Waals surface area contributed by atoms with Gasteiger partial charge in [0.05, 0.1) is 0 Å². The Kier molecular flexibility index (Phi) is 5.03. The highest BCUT2D eigenvalue weighted by Crippen LogP contribution is 2.31. The Labute approximate surface area is 137 Å². The molecule has 2 unspecified atom stereocenters. The van der Waals surface area contributed by atoms with Gasteiger partial charge in [-0.15, -0.1) is 0 Å². The van der Waals surface area contributed by atoms with Gasteiger partial charge in [0.25, 0.3) is 0 Å². The van der Waals surface area contributed by atoms with E-state index in [4.69, 9.17) is 0 Å². The molecule has 2 nitrogen and oxygen atoms in total. The fourth-order valence-corrected chi connectivity index (χ4v) is 4.29. The normalized spacial score (nSPS) is 28.3. The molecule has 0 aliphatic carbocycles. The van der Waals surface area contributed by atoms with Crippen molar-refractivity contribution in [1.29, 1.82) is 0 Å². The fourth-order valence-electron chi connectivity index (χ4n) is 4.04. The van der Waals surface area contributed by atoms with Crippen LogP contribution < -0.4 is 5.32 Å². The molecule has 0 radical (unpaired) electrons. The predicted octanol–water partition coefficient (Wildman–Crippen LogP) is 4.25. The van der Waals surface area contributed by atoms with Crippen molar-refractivity contribution in [2.45, 2.75) is 70.6 Å². The molecule has 3 rings (SSSR count). The summed E-state index contributed by atoms with van der Waals surface area (Å²) in [5.41, 5.74) is 2.80. The van der Waals surface area contributed by atoms with Crippen LogP contribution in [0.5, 0.6) is 0 Å². The van der Waals surface area contributed by atoms with Crippen LogP contribution >= 0.6 is 15.9 Å². The van der Waals surface area contributed by atoms with E-state index in [1.807, 2.05) is 0 Å². The second-order valence-electron chi connectivity index (χ2n) is 6.82.